The van der Waals surface area contributed by atoms with Gasteiger partial charge in [-0.2, -0.15) is 0 Å². The molecular weight excluding hydrogens is 304 g/mol. The Morgan fingerprint density at radius 3 is 2.40 bits per heavy atom. The van der Waals surface area contributed by atoms with Gasteiger partial charge in [0.2, 0.25) is 0 Å². The van der Waals surface area contributed by atoms with Crippen molar-refractivity contribution in [3.63, 3.8) is 0 Å². The lowest BCUT2D eigenvalue weighted by Crippen LogP contribution is -2.35. The van der Waals surface area contributed by atoms with Crippen molar-refractivity contribution < 1.29 is 18.3 Å². The highest BCUT2D eigenvalue weighted by atomic mass is 35.5. The van der Waals surface area contributed by atoms with E-state index in [1.165, 1.54) is 42.7 Å². The van der Waals surface area contributed by atoms with Gasteiger partial charge in [0, 0.05) is 17.4 Å². The van der Waals surface area contributed by atoms with Crippen molar-refractivity contribution in [2.24, 2.45) is 0 Å². The second-order valence-electron chi connectivity index (χ2n) is 3.93. The molecule has 0 spiro atoms. The summed E-state index contributed by atoms with van der Waals surface area (Å²) in [5, 5.41) is 9.35. The van der Waals surface area contributed by atoms with Crippen LogP contribution in [-0.2, 0) is 14.8 Å². The number of benzene rings is 1. The SMILES string of the molecule is O=C(O)CN(c1ccc(Cl)cc1)S(=O)(=O)c1cc[nH]c1. The largest absolute Gasteiger partial charge is 0.480 e. The fourth-order valence-corrected chi connectivity index (χ4v) is 3.16. The Kier molecular flexibility index (Phi) is 4.01. The number of anilines is 1. The molecular formula is C12H11ClN2O4S. The summed E-state index contributed by atoms with van der Waals surface area (Å²) in [6, 6.07) is 7.27. The maximum atomic E-state index is 12.4. The molecule has 2 rings (SSSR count). The van der Waals surface area contributed by atoms with Crippen molar-refractivity contribution in [1.29, 1.82) is 0 Å². The number of halogens is 1. The molecule has 1 heterocycles. The van der Waals surface area contributed by atoms with Gasteiger partial charge in [0.25, 0.3) is 10.0 Å². The van der Waals surface area contributed by atoms with E-state index in [0.29, 0.717) is 5.02 Å². The first-order valence-corrected chi connectivity index (χ1v) is 7.36. The number of hydrogen-bond donors (Lipinski definition) is 2. The zero-order valence-corrected chi connectivity index (χ0v) is 11.7. The number of aliphatic carboxylic acids is 1. The second kappa shape index (κ2) is 5.56. The highest BCUT2D eigenvalue weighted by Crippen LogP contribution is 2.24. The number of carboxylic acids is 1. The molecule has 2 aromatic rings. The summed E-state index contributed by atoms with van der Waals surface area (Å²) in [7, 11) is -3.94. The van der Waals surface area contributed by atoms with Crippen LogP contribution in [0.5, 0.6) is 0 Å². The third-order valence-corrected chi connectivity index (χ3v) is 4.57. The summed E-state index contributed by atoms with van der Waals surface area (Å²) in [6.45, 7) is -0.671. The molecule has 106 valence electrons. The van der Waals surface area contributed by atoms with Gasteiger partial charge in [0.15, 0.2) is 0 Å². The summed E-state index contributed by atoms with van der Waals surface area (Å²) in [6.07, 6.45) is 2.74. The highest BCUT2D eigenvalue weighted by molar-refractivity contribution is 7.92. The first-order chi connectivity index (χ1) is 9.41. The molecule has 0 bridgehead atoms. The van der Waals surface area contributed by atoms with Crippen LogP contribution in [-0.4, -0.2) is 31.0 Å². The Labute approximate surface area is 120 Å². The molecule has 0 aliphatic carbocycles. The van der Waals surface area contributed by atoms with Crippen LogP contribution in [0.25, 0.3) is 0 Å². The number of H-pyrrole nitrogens is 1. The molecule has 0 amide bonds. The van der Waals surface area contributed by atoms with E-state index in [2.05, 4.69) is 4.98 Å². The number of nitrogens with zero attached hydrogens (tertiary/aromatic N) is 1. The number of aromatic amines is 1. The molecule has 2 N–H and O–H groups in total. The van der Waals surface area contributed by atoms with Crippen molar-refractivity contribution in [3.05, 3.63) is 47.7 Å². The van der Waals surface area contributed by atoms with Crippen LogP contribution in [0.4, 0.5) is 5.69 Å². The molecule has 1 aromatic carbocycles. The van der Waals surface area contributed by atoms with Crippen LogP contribution in [0.2, 0.25) is 5.02 Å². The van der Waals surface area contributed by atoms with Gasteiger partial charge in [0.1, 0.15) is 11.4 Å². The van der Waals surface area contributed by atoms with Crippen LogP contribution < -0.4 is 4.31 Å². The zero-order chi connectivity index (χ0) is 14.8. The minimum atomic E-state index is -3.94. The van der Waals surface area contributed by atoms with E-state index in [1.807, 2.05) is 0 Å². The Hall–Kier alpha value is -1.99. The molecule has 20 heavy (non-hydrogen) atoms. The van der Waals surface area contributed by atoms with Gasteiger partial charge in [-0.15, -0.1) is 0 Å². The predicted octanol–water partition coefficient (Wildman–Crippen LogP) is 1.95. The molecule has 0 unspecified atom stereocenters. The van der Waals surface area contributed by atoms with Crippen molar-refractivity contribution in [2.45, 2.75) is 4.90 Å². The van der Waals surface area contributed by atoms with Gasteiger partial charge in [-0.3, -0.25) is 9.10 Å². The molecule has 0 radical (unpaired) electrons. The van der Waals surface area contributed by atoms with Crippen molar-refractivity contribution in [1.82, 2.24) is 4.98 Å². The lowest BCUT2D eigenvalue weighted by Gasteiger charge is -2.22. The van der Waals surface area contributed by atoms with Gasteiger partial charge in [0.05, 0.1) is 5.69 Å². The Morgan fingerprint density at radius 1 is 1.25 bits per heavy atom. The average Bonchev–Trinajstić information content (AvgIpc) is 2.91. The van der Waals surface area contributed by atoms with Gasteiger partial charge in [-0.25, -0.2) is 8.42 Å². The van der Waals surface area contributed by atoms with E-state index in [-0.39, 0.29) is 10.6 Å². The fraction of sp³-hybridized carbons (Fsp3) is 0.0833. The third kappa shape index (κ3) is 2.94. The standard InChI is InChI=1S/C12H11ClN2O4S/c13-9-1-3-10(4-2-9)15(8-12(16)17)20(18,19)11-5-6-14-7-11/h1-7,14H,8H2,(H,16,17). The van der Waals surface area contributed by atoms with Gasteiger partial charge < -0.3 is 10.1 Å². The number of aromatic nitrogens is 1. The molecule has 0 saturated heterocycles. The lowest BCUT2D eigenvalue weighted by atomic mass is 10.3. The summed E-state index contributed by atoms with van der Waals surface area (Å²) >= 11 is 5.75. The number of sulfonamides is 1. The minimum Gasteiger partial charge on any atom is -0.480 e. The van der Waals surface area contributed by atoms with Crippen LogP contribution in [0.3, 0.4) is 0 Å². The molecule has 6 nitrogen and oxygen atoms in total. The molecule has 0 aliphatic rings. The fourth-order valence-electron chi connectivity index (χ4n) is 1.64. The number of hydrogen-bond acceptors (Lipinski definition) is 3. The number of nitrogens with one attached hydrogen (secondary N) is 1. The van der Waals surface area contributed by atoms with E-state index >= 15 is 0 Å². The molecule has 8 heteroatoms. The quantitative estimate of drug-likeness (QED) is 0.882. The van der Waals surface area contributed by atoms with Gasteiger partial charge >= 0.3 is 5.97 Å². The van der Waals surface area contributed by atoms with Crippen LogP contribution in [0, 0.1) is 0 Å². The maximum absolute atomic E-state index is 12.4. The molecule has 0 fully saturated rings. The van der Waals surface area contributed by atoms with Crippen LogP contribution in [0.1, 0.15) is 0 Å². The number of rotatable bonds is 5. The Balaban J connectivity index is 2.48. The third-order valence-electron chi connectivity index (χ3n) is 2.55. The molecule has 0 atom stereocenters. The van der Waals surface area contributed by atoms with E-state index in [9.17, 15) is 13.2 Å². The van der Waals surface area contributed by atoms with E-state index in [0.717, 1.165) is 4.31 Å². The predicted molar refractivity (Wildman–Crippen MR) is 74.4 cm³/mol. The monoisotopic (exact) mass is 314 g/mol. The zero-order valence-electron chi connectivity index (χ0n) is 10.2. The summed E-state index contributed by atoms with van der Waals surface area (Å²) in [5.41, 5.74) is 0.234. The molecule has 0 aliphatic heterocycles. The summed E-state index contributed by atoms with van der Waals surface area (Å²) in [5.74, 6) is -1.25. The number of carboxylic acid groups (broad SMARTS) is 1. The van der Waals surface area contributed by atoms with Crippen molar-refractivity contribution in [2.75, 3.05) is 10.8 Å². The minimum absolute atomic E-state index is 0.00583. The van der Waals surface area contributed by atoms with Crippen molar-refractivity contribution in [3.8, 4) is 0 Å². The van der Waals surface area contributed by atoms with E-state index in [1.54, 1.807) is 0 Å². The van der Waals surface area contributed by atoms with Crippen LogP contribution in [0.15, 0.2) is 47.6 Å². The topological polar surface area (TPSA) is 90.5 Å². The highest BCUT2D eigenvalue weighted by Gasteiger charge is 2.27. The summed E-state index contributed by atoms with van der Waals surface area (Å²) < 4.78 is 25.7. The van der Waals surface area contributed by atoms with Gasteiger partial charge in [-0.05, 0) is 30.3 Å². The Morgan fingerprint density at radius 2 is 1.90 bits per heavy atom. The van der Waals surface area contributed by atoms with E-state index in [4.69, 9.17) is 16.7 Å². The lowest BCUT2D eigenvalue weighted by molar-refractivity contribution is -0.135. The Bertz CT molecular complexity index is 696. The van der Waals surface area contributed by atoms with Gasteiger partial charge in [-0.1, -0.05) is 11.6 Å². The molecule has 1 aromatic heterocycles. The smallest absolute Gasteiger partial charge is 0.324 e. The summed E-state index contributed by atoms with van der Waals surface area (Å²) in [4.78, 5) is 13.6. The molecule has 0 saturated carbocycles. The van der Waals surface area contributed by atoms with Crippen molar-refractivity contribution >= 4 is 33.3 Å². The van der Waals surface area contributed by atoms with E-state index < -0.39 is 22.5 Å². The number of carbonyl (C=O) groups is 1. The normalized spacial score (nSPS) is 11.2. The first-order valence-electron chi connectivity index (χ1n) is 5.54. The average molecular weight is 315 g/mol. The second-order valence-corrected chi connectivity index (χ2v) is 6.23. The first kappa shape index (κ1) is 14.4. The van der Waals surface area contributed by atoms with Crippen LogP contribution >= 0.6 is 11.6 Å². The maximum Gasteiger partial charge on any atom is 0.324 e.